The zero-order chi connectivity index (χ0) is 20.7. The highest BCUT2D eigenvalue weighted by molar-refractivity contribution is 6.00. The van der Waals surface area contributed by atoms with Gasteiger partial charge in [-0.1, -0.05) is 38.3 Å². The van der Waals surface area contributed by atoms with Crippen molar-refractivity contribution < 1.29 is 14.3 Å². The molecule has 0 saturated heterocycles. The van der Waals surface area contributed by atoms with Gasteiger partial charge in [-0.15, -0.1) is 0 Å². The summed E-state index contributed by atoms with van der Waals surface area (Å²) in [6.45, 7) is 2.72. The van der Waals surface area contributed by atoms with Gasteiger partial charge in [0, 0.05) is 0 Å². The van der Waals surface area contributed by atoms with E-state index in [9.17, 15) is 10.1 Å². The van der Waals surface area contributed by atoms with Crippen LogP contribution < -0.4 is 14.8 Å². The summed E-state index contributed by atoms with van der Waals surface area (Å²) < 4.78 is 10.9. The smallest absolute Gasteiger partial charge is 0.235 e. The molecule has 0 aliphatic heterocycles. The third kappa shape index (κ3) is 4.54. The van der Waals surface area contributed by atoms with Gasteiger partial charge in [0.05, 0.1) is 30.4 Å². The molecule has 29 heavy (non-hydrogen) atoms. The Labute approximate surface area is 172 Å². The van der Waals surface area contributed by atoms with E-state index in [-0.39, 0.29) is 5.91 Å². The molecular weight excluding hydrogens is 364 g/mol. The maximum absolute atomic E-state index is 13.4. The first-order chi connectivity index (χ1) is 14.1. The monoisotopic (exact) mass is 392 g/mol. The van der Waals surface area contributed by atoms with E-state index >= 15 is 0 Å². The number of amides is 1. The number of unbranched alkanes of at least 4 members (excludes halogenated alkanes) is 1. The molecule has 152 valence electrons. The lowest BCUT2D eigenvalue weighted by atomic mass is 9.78. The molecule has 0 bridgehead atoms. The van der Waals surface area contributed by atoms with Gasteiger partial charge in [0.25, 0.3) is 0 Å². The summed E-state index contributed by atoms with van der Waals surface area (Å²) in [6, 6.07) is 15.2. The number of carbonyl (C=O) groups excluding carboxylic acids is 1. The minimum atomic E-state index is -0.574. The Hall–Kier alpha value is -3.00. The summed E-state index contributed by atoms with van der Waals surface area (Å²) in [7, 11) is 1.63. The van der Waals surface area contributed by atoms with Crippen LogP contribution in [0.15, 0.2) is 42.5 Å². The fourth-order valence-corrected chi connectivity index (χ4v) is 3.93. The average Bonchev–Trinajstić information content (AvgIpc) is 3.26. The summed E-state index contributed by atoms with van der Waals surface area (Å²) >= 11 is 0. The Morgan fingerprint density at radius 1 is 1.14 bits per heavy atom. The van der Waals surface area contributed by atoms with Crippen LogP contribution in [0.1, 0.15) is 56.6 Å². The highest BCUT2D eigenvalue weighted by Crippen LogP contribution is 2.42. The molecule has 0 unspecified atom stereocenters. The third-order valence-corrected chi connectivity index (χ3v) is 5.66. The van der Waals surface area contributed by atoms with Gasteiger partial charge in [0.1, 0.15) is 17.6 Å². The van der Waals surface area contributed by atoms with Crippen molar-refractivity contribution in [3.8, 4) is 17.6 Å². The summed E-state index contributed by atoms with van der Waals surface area (Å²) in [5.74, 6) is 1.36. The molecule has 1 fully saturated rings. The van der Waals surface area contributed by atoms with E-state index in [2.05, 4.69) is 18.3 Å². The second kappa shape index (κ2) is 9.47. The van der Waals surface area contributed by atoms with Crippen molar-refractivity contribution in [1.29, 1.82) is 5.26 Å². The van der Waals surface area contributed by atoms with E-state index in [0.717, 1.165) is 49.8 Å². The van der Waals surface area contributed by atoms with Gasteiger partial charge < -0.3 is 14.8 Å². The zero-order valence-corrected chi connectivity index (χ0v) is 17.2. The highest BCUT2D eigenvalue weighted by atomic mass is 16.5. The predicted octanol–water partition coefficient (Wildman–Crippen LogP) is 5.20. The lowest BCUT2D eigenvalue weighted by Crippen LogP contribution is -2.38. The lowest BCUT2D eigenvalue weighted by molar-refractivity contribution is -0.121. The van der Waals surface area contributed by atoms with E-state index in [1.165, 1.54) is 0 Å². The number of hydrogen-bond donors (Lipinski definition) is 1. The Morgan fingerprint density at radius 2 is 1.83 bits per heavy atom. The first kappa shape index (κ1) is 20.7. The van der Waals surface area contributed by atoms with Gasteiger partial charge >= 0.3 is 0 Å². The molecule has 1 aliphatic carbocycles. The predicted molar refractivity (Wildman–Crippen MR) is 113 cm³/mol. The molecule has 1 N–H and O–H groups in total. The molecule has 0 aromatic heterocycles. The van der Waals surface area contributed by atoms with Crippen LogP contribution in [0.2, 0.25) is 0 Å². The van der Waals surface area contributed by atoms with Crippen molar-refractivity contribution >= 4 is 11.6 Å². The van der Waals surface area contributed by atoms with E-state index in [1.807, 2.05) is 24.3 Å². The molecule has 0 heterocycles. The van der Waals surface area contributed by atoms with E-state index in [4.69, 9.17) is 9.47 Å². The number of nitriles is 1. The van der Waals surface area contributed by atoms with Gasteiger partial charge in [-0.3, -0.25) is 4.79 Å². The summed E-state index contributed by atoms with van der Waals surface area (Å²) in [6.07, 6.45) is 5.62. The number of carbonyl (C=O) groups is 1. The third-order valence-electron chi connectivity index (χ3n) is 5.66. The first-order valence-electron chi connectivity index (χ1n) is 10.3. The quantitative estimate of drug-likeness (QED) is 0.627. The van der Waals surface area contributed by atoms with Crippen LogP contribution in [-0.4, -0.2) is 19.6 Å². The van der Waals surface area contributed by atoms with Gasteiger partial charge in [-0.25, -0.2) is 0 Å². The molecule has 1 saturated carbocycles. The van der Waals surface area contributed by atoms with Crippen molar-refractivity contribution in [2.45, 2.75) is 50.9 Å². The fraction of sp³-hybridized carbons (Fsp3) is 0.417. The normalized spacial score (nSPS) is 14.8. The molecule has 1 amide bonds. The Kier molecular flexibility index (Phi) is 6.77. The number of rotatable bonds is 8. The number of nitrogens with one attached hydrogen (secondary N) is 1. The SMILES string of the molecule is CCCCOc1ccc(NC(=O)C2(c3ccc(OC)cc3)CCCC2)c(C#N)c1. The maximum Gasteiger partial charge on any atom is 0.235 e. The van der Waals surface area contributed by atoms with Crippen LogP contribution in [0.25, 0.3) is 0 Å². The first-order valence-corrected chi connectivity index (χ1v) is 10.3. The molecular formula is C24H28N2O3. The molecule has 0 spiro atoms. The van der Waals surface area contributed by atoms with Gasteiger partial charge in [-0.2, -0.15) is 5.26 Å². The van der Waals surface area contributed by atoms with Crippen LogP contribution >= 0.6 is 0 Å². The van der Waals surface area contributed by atoms with Gasteiger partial charge in [-0.05, 0) is 55.2 Å². The molecule has 3 rings (SSSR count). The van der Waals surface area contributed by atoms with Crippen molar-refractivity contribution in [2.24, 2.45) is 0 Å². The minimum absolute atomic E-state index is 0.0590. The van der Waals surface area contributed by atoms with Crippen LogP contribution in [0.3, 0.4) is 0 Å². The molecule has 0 radical (unpaired) electrons. The fourth-order valence-electron chi connectivity index (χ4n) is 3.93. The highest BCUT2D eigenvalue weighted by Gasteiger charge is 2.42. The number of hydrogen-bond acceptors (Lipinski definition) is 4. The lowest BCUT2D eigenvalue weighted by Gasteiger charge is -2.28. The zero-order valence-electron chi connectivity index (χ0n) is 17.2. The molecule has 5 nitrogen and oxygen atoms in total. The Morgan fingerprint density at radius 3 is 2.45 bits per heavy atom. The number of benzene rings is 2. The largest absolute Gasteiger partial charge is 0.497 e. The van der Waals surface area contributed by atoms with Crippen molar-refractivity contribution in [2.75, 3.05) is 19.0 Å². The van der Waals surface area contributed by atoms with Crippen LogP contribution in [0, 0.1) is 11.3 Å². The van der Waals surface area contributed by atoms with Gasteiger partial charge in [0.2, 0.25) is 5.91 Å². The summed E-state index contributed by atoms with van der Waals surface area (Å²) in [4.78, 5) is 13.4. The Balaban J connectivity index is 1.82. The second-order valence-electron chi connectivity index (χ2n) is 7.49. The summed E-state index contributed by atoms with van der Waals surface area (Å²) in [5, 5.41) is 12.6. The standard InChI is InChI=1S/C24H28N2O3/c1-3-4-15-29-21-11-12-22(18(16-21)17-25)26-23(27)24(13-5-6-14-24)19-7-9-20(28-2)10-8-19/h7-12,16H,3-6,13-15H2,1-2H3,(H,26,27). The maximum atomic E-state index is 13.4. The van der Waals surface area contributed by atoms with Crippen molar-refractivity contribution in [3.63, 3.8) is 0 Å². The topological polar surface area (TPSA) is 71.3 Å². The van der Waals surface area contributed by atoms with Crippen molar-refractivity contribution in [3.05, 3.63) is 53.6 Å². The van der Waals surface area contributed by atoms with Crippen LogP contribution in [0.4, 0.5) is 5.69 Å². The molecule has 5 heteroatoms. The molecule has 2 aromatic carbocycles. The van der Waals surface area contributed by atoms with Crippen LogP contribution in [-0.2, 0) is 10.2 Å². The molecule has 1 aliphatic rings. The number of anilines is 1. The molecule has 0 atom stereocenters. The molecule has 2 aromatic rings. The number of methoxy groups -OCH3 is 1. The van der Waals surface area contributed by atoms with Crippen molar-refractivity contribution in [1.82, 2.24) is 0 Å². The summed E-state index contributed by atoms with van der Waals surface area (Å²) in [5.41, 5.74) is 1.36. The second-order valence-corrected chi connectivity index (χ2v) is 7.49. The van der Waals surface area contributed by atoms with E-state index < -0.39 is 5.41 Å². The number of nitrogens with zero attached hydrogens (tertiary/aromatic N) is 1. The van der Waals surface area contributed by atoms with E-state index in [1.54, 1.807) is 25.3 Å². The minimum Gasteiger partial charge on any atom is -0.497 e. The number of ether oxygens (including phenoxy) is 2. The Bertz CT molecular complexity index is 878. The average molecular weight is 392 g/mol. The van der Waals surface area contributed by atoms with Crippen LogP contribution in [0.5, 0.6) is 11.5 Å². The van der Waals surface area contributed by atoms with E-state index in [0.29, 0.717) is 23.6 Å². The van der Waals surface area contributed by atoms with Gasteiger partial charge in [0.15, 0.2) is 0 Å².